The monoisotopic (exact) mass is 279 g/mol. The number of hydrogen-bond acceptors (Lipinski definition) is 3. The molecule has 0 aliphatic heterocycles. The predicted molar refractivity (Wildman–Crippen MR) is 87.4 cm³/mol. The molecule has 2 aromatic carbocycles. The van der Waals surface area contributed by atoms with Crippen molar-refractivity contribution >= 4 is 39.4 Å². The highest BCUT2D eigenvalue weighted by Gasteiger charge is 2.01. The highest BCUT2D eigenvalue weighted by atomic mass is 32.1. The first-order valence-electron chi connectivity index (χ1n) is 6.24. The van der Waals surface area contributed by atoms with E-state index in [4.69, 9.17) is 18.0 Å². The van der Waals surface area contributed by atoms with Crippen molar-refractivity contribution in [2.24, 2.45) is 5.73 Å². The Bertz CT molecular complexity index is 783. The molecular weight excluding hydrogens is 266 g/mol. The molecule has 0 atom stereocenters. The Balaban J connectivity index is 1.92. The molecule has 1 aromatic heterocycles. The van der Waals surface area contributed by atoms with Gasteiger partial charge in [-0.3, -0.25) is 4.98 Å². The molecule has 0 unspecified atom stereocenters. The average molecular weight is 279 g/mol. The third-order valence-corrected chi connectivity index (χ3v) is 3.26. The fourth-order valence-electron chi connectivity index (χ4n) is 2.08. The molecule has 4 heteroatoms. The molecule has 3 N–H and O–H groups in total. The standard InChI is InChI=1S/C16H13N3S/c17-16(20)15-10-14(7-8-18-15)19-13-6-5-11-3-1-2-4-12(11)9-13/h1-10H,(H2,17,20)(H,18,19). The second-order valence-electron chi connectivity index (χ2n) is 4.48. The number of anilines is 2. The van der Waals surface area contributed by atoms with E-state index < -0.39 is 0 Å². The van der Waals surface area contributed by atoms with Crippen LogP contribution in [0.3, 0.4) is 0 Å². The zero-order valence-corrected chi connectivity index (χ0v) is 11.5. The minimum absolute atomic E-state index is 0.298. The van der Waals surface area contributed by atoms with Gasteiger partial charge in [0.15, 0.2) is 0 Å². The molecule has 3 nitrogen and oxygen atoms in total. The zero-order valence-electron chi connectivity index (χ0n) is 10.7. The van der Waals surface area contributed by atoms with Crippen LogP contribution in [-0.2, 0) is 0 Å². The molecule has 98 valence electrons. The first kappa shape index (κ1) is 12.6. The van der Waals surface area contributed by atoms with E-state index in [-0.39, 0.29) is 0 Å². The third kappa shape index (κ3) is 2.60. The van der Waals surface area contributed by atoms with Crippen LogP contribution in [0, 0.1) is 0 Å². The Labute approximate surface area is 122 Å². The van der Waals surface area contributed by atoms with Crippen molar-refractivity contribution < 1.29 is 0 Å². The minimum Gasteiger partial charge on any atom is -0.388 e. The Morgan fingerprint density at radius 1 is 0.950 bits per heavy atom. The summed E-state index contributed by atoms with van der Waals surface area (Å²) >= 11 is 4.94. The Morgan fingerprint density at radius 3 is 2.50 bits per heavy atom. The highest BCUT2D eigenvalue weighted by molar-refractivity contribution is 7.80. The quantitative estimate of drug-likeness (QED) is 0.719. The van der Waals surface area contributed by atoms with Crippen molar-refractivity contribution in [1.82, 2.24) is 4.98 Å². The number of benzene rings is 2. The molecule has 1 heterocycles. The molecule has 0 fully saturated rings. The third-order valence-electron chi connectivity index (χ3n) is 3.05. The number of nitrogens with zero attached hydrogens (tertiary/aromatic N) is 1. The van der Waals surface area contributed by atoms with Gasteiger partial charge in [0.1, 0.15) is 4.99 Å². The van der Waals surface area contributed by atoms with E-state index in [0.717, 1.165) is 11.4 Å². The maximum Gasteiger partial charge on any atom is 0.122 e. The summed E-state index contributed by atoms with van der Waals surface area (Å²) in [6.45, 7) is 0. The lowest BCUT2D eigenvalue weighted by atomic mass is 10.1. The topological polar surface area (TPSA) is 50.9 Å². The fourth-order valence-corrected chi connectivity index (χ4v) is 2.19. The van der Waals surface area contributed by atoms with Crippen molar-refractivity contribution in [3.8, 4) is 0 Å². The van der Waals surface area contributed by atoms with Crippen LogP contribution >= 0.6 is 12.2 Å². The molecule has 0 saturated heterocycles. The van der Waals surface area contributed by atoms with E-state index in [1.54, 1.807) is 6.20 Å². The van der Waals surface area contributed by atoms with Crippen LogP contribution in [0.15, 0.2) is 60.8 Å². The Hall–Kier alpha value is -2.46. The smallest absolute Gasteiger partial charge is 0.122 e. The van der Waals surface area contributed by atoms with Gasteiger partial charge in [-0.25, -0.2) is 0 Å². The predicted octanol–water partition coefficient (Wildman–Crippen LogP) is 3.61. The molecular formula is C16H13N3S. The first-order chi connectivity index (χ1) is 9.72. The number of aromatic nitrogens is 1. The van der Waals surface area contributed by atoms with Gasteiger partial charge in [-0.15, -0.1) is 0 Å². The summed E-state index contributed by atoms with van der Waals surface area (Å²) in [4.78, 5) is 4.42. The minimum atomic E-state index is 0.298. The van der Waals surface area contributed by atoms with Crippen molar-refractivity contribution in [1.29, 1.82) is 0 Å². The van der Waals surface area contributed by atoms with Gasteiger partial charge >= 0.3 is 0 Å². The van der Waals surface area contributed by atoms with Gasteiger partial charge in [-0.05, 0) is 35.0 Å². The van der Waals surface area contributed by atoms with E-state index in [1.807, 2.05) is 30.3 Å². The van der Waals surface area contributed by atoms with Gasteiger partial charge in [0, 0.05) is 17.6 Å². The van der Waals surface area contributed by atoms with Crippen molar-refractivity contribution in [2.75, 3.05) is 5.32 Å². The molecule has 0 aliphatic rings. The molecule has 0 radical (unpaired) electrons. The molecule has 0 aliphatic carbocycles. The summed E-state index contributed by atoms with van der Waals surface area (Å²) in [5.41, 5.74) is 8.14. The van der Waals surface area contributed by atoms with Gasteiger partial charge in [-0.1, -0.05) is 42.5 Å². The van der Waals surface area contributed by atoms with E-state index >= 15 is 0 Å². The summed E-state index contributed by atoms with van der Waals surface area (Å²) < 4.78 is 0. The summed E-state index contributed by atoms with van der Waals surface area (Å²) in [6, 6.07) is 18.2. The van der Waals surface area contributed by atoms with Crippen LogP contribution in [-0.4, -0.2) is 9.97 Å². The van der Waals surface area contributed by atoms with Crippen molar-refractivity contribution in [3.05, 3.63) is 66.5 Å². The lowest BCUT2D eigenvalue weighted by Crippen LogP contribution is -2.11. The number of thiocarbonyl (C=S) groups is 1. The number of rotatable bonds is 3. The number of nitrogens with two attached hydrogens (primary N) is 1. The van der Waals surface area contributed by atoms with E-state index in [1.165, 1.54) is 10.8 Å². The maximum atomic E-state index is 5.59. The highest BCUT2D eigenvalue weighted by Crippen LogP contribution is 2.22. The fraction of sp³-hybridized carbons (Fsp3) is 0. The molecule has 0 saturated carbocycles. The summed E-state index contributed by atoms with van der Waals surface area (Å²) in [5.74, 6) is 0. The SMILES string of the molecule is NC(=S)c1cc(Nc2ccc3ccccc3c2)ccn1. The second-order valence-corrected chi connectivity index (χ2v) is 4.92. The van der Waals surface area contributed by atoms with E-state index in [9.17, 15) is 0 Å². The maximum absolute atomic E-state index is 5.59. The van der Waals surface area contributed by atoms with Crippen molar-refractivity contribution in [2.45, 2.75) is 0 Å². The van der Waals surface area contributed by atoms with Crippen molar-refractivity contribution in [3.63, 3.8) is 0 Å². The first-order valence-corrected chi connectivity index (χ1v) is 6.65. The molecule has 3 aromatic rings. The lowest BCUT2D eigenvalue weighted by molar-refractivity contribution is 1.29. The normalized spacial score (nSPS) is 10.4. The summed E-state index contributed by atoms with van der Waals surface area (Å²) in [5, 5.41) is 5.75. The van der Waals surface area contributed by atoms with Crippen LogP contribution in [0.25, 0.3) is 10.8 Å². The van der Waals surface area contributed by atoms with Crippen LogP contribution in [0.4, 0.5) is 11.4 Å². The van der Waals surface area contributed by atoms with Gasteiger partial charge in [0.2, 0.25) is 0 Å². The molecule has 0 bridgehead atoms. The molecule has 0 spiro atoms. The number of pyridine rings is 1. The van der Waals surface area contributed by atoms with Crippen LogP contribution in [0.1, 0.15) is 5.69 Å². The zero-order chi connectivity index (χ0) is 13.9. The molecule has 0 amide bonds. The average Bonchev–Trinajstić information content (AvgIpc) is 2.47. The largest absolute Gasteiger partial charge is 0.388 e. The van der Waals surface area contributed by atoms with E-state index in [2.05, 4.69) is 34.6 Å². The van der Waals surface area contributed by atoms with Gasteiger partial charge in [0.25, 0.3) is 0 Å². The number of nitrogens with one attached hydrogen (secondary N) is 1. The summed E-state index contributed by atoms with van der Waals surface area (Å²) in [7, 11) is 0. The van der Waals surface area contributed by atoms with Crippen LogP contribution in [0.2, 0.25) is 0 Å². The van der Waals surface area contributed by atoms with Crippen LogP contribution in [0.5, 0.6) is 0 Å². The Morgan fingerprint density at radius 2 is 1.70 bits per heavy atom. The number of hydrogen-bond donors (Lipinski definition) is 2. The molecule has 20 heavy (non-hydrogen) atoms. The van der Waals surface area contributed by atoms with Gasteiger partial charge < -0.3 is 11.1 Å². The Kier molecular flexibility index (Phi) is 3.31. The lowest BCUT2D eigenvalue weighted by Gasteiger charge is -2.08. The van der Waals surface area contributed by atoms with Gasteiger partial charge in [0.05, 0.1) is 5.69 Å². The number of fused-ring (bicyclic) bond motifs is 1. The molecule has 3 rings (SSSR count). The van der Waals surface area contributed by atoms with Gasteiger partial charge in [-0.2, -0.15) is 0 Å². The second kappa shape index (κ2) is 5.27. The van der Waals surface area contributed by atoms with E-state index in [0.29, 0.717) is 10.7 Å². The summed E-state index contributed by atoms with van der Waals surface area (Å²) in [6.07, 6.45) is 1.69. The van der Waals surface area contributed by atoms with Crippen LogP contribution < -0.4 is 11.1 Å².